The second-order valence-corrected chi connectivity index (χ2v) is 18.0. The van der Waals surface area contributed by atoms with Gasteiger partial charge in [0.25, 0.3) is 0 Å². The third-order valence-electron chi connectivity index (χ3n) is 13.6. The van der Waals surface area contributed by atoms with Crippen molar-refractivity contribution >= 4 is 92.3 Å². The van der Waals surface area contributed by atoms with Crippen LogP contribution in [0.3, 0.4) is 0 Å². The van der Waals surface area contributed by atoms with Gasteiger partial charge in [0.05, 0.1) is 0 Å². The topological polar surface area (TPSA) is 0 Å². The SMILES string of the molecule is C1=CCc2c(c(-c3ccc4c(c3)sc3ccc(-c5c6ccccc6c(C6=c7ccccc7=CCC6)c6ccccc56)cc34)c3ccccc3c2-c2cccc3ccccc23)C=C1. The Morgan fingerprint density at radius 2 is 1.05 bits per heavy atom. The van der Waals surface area contributed by atoms with Gasteiger partial charge in [-0.1, -0.05) is 188 Å². The third-order valence-corrected chi connectivity index (χ3v) is 14.7. The third kappa shape index (κ3) is 5.38. The van der Waals surface area contributed by atoms with Gasteiger partial charge in [0.2, 0.25) is 0 Å². The number of thiophene rings is 1. The van der Waals surface area contributed by atoms with Crippen molar-refractivity contribution in [1.29, 1.82) is 0 Å². The van der Waals surface area contributed by atoms with E-state index < -0.39 is 0 Å². The molecule has 10 aromatic carbocycles. The van der Waals surface area contributed by atoms with Crippen molar-refractivity contribution in [3.05, 3.63) is 221 Å². The first-order chi connectivity index (χ1) is 30.8. The number of fused-ring (bicyclic) bond motifs is 9. The largest absolute Gasteiger partial charge is 0.135 e. The summed E-state index contributed by atoms with van der Waals surface area (Å²) in [5, 5.41) is 15.8. The minimum Gasteiger partial charge on any atom is -0.135 e. The fourth-order valence-corrected chi connectivity index (χ4v) is 12.1. The molecular formula is C61H40S. The molecule has 13 rings (SSSR count). The van der Waals surface area contributed by atoms with Gasteiger partial charge in [0.15, 0.2) is 0 Å². The summed E-state index contributed by atoms with van der Waals surface area (Å²) in [5.74, 6) is 0. The molecule has 62 heavy (non-hydrogen) atoms. The molecule has 0 atom stereocenters. The normalized spacial score (nSPS) is 13.6. The Morgan fingerprint density at radius 1 is 0.419 bits per heavy atom. The minimum atomic E-state index is 0.877. The van der Waals surface area contributed by atoms with Crippen molar-refractivity contribution in [3.8, 4) is 33.4 Å². The van der Waals surface area contributed by atoms with E-state index in [9.17, 15) is 0 Å². The van der Waals surface area contributed by atoms with Gasteiger partial charge in [-0.2, -0.15) is 0 Å². The lowest BCUT2D eigenvalue weighted by Crippen LogP contribution is -2.29. The molecule has 0 fully saturated rings. The lowest BCUT2D eigenvalue weighted by atomic mass is 9.81. The first-order valence-electron chi connectivity index (χ1n) is 21.9. The van der Waals surface area contributed by atoms with Crippen molar-refractivity contribution in [3.63, 3.8) is 0 Å². The molecule has 1 heteroatoms. The number of hydrogen-bond acceptors (Lipinski definition) is 1. The van der Waals surface area contributed by atoms with Crippen LogP contribution in [0.5, 0.6) is 0 Å². The van der Waals surface area contributed by atoms with Gasteiger partial charge in [0.1, 0.15) is 0 Å². The van der Waals surface area contributed by atoms with Crippen LogP contribution in [-0.2, 0) is 6.42 Å². The lowest BCUT2D eigenvalue weighted by molar-refractivity contribution is 1.08. The number of rotatable bonds is 4. The fraction of sp³-hybridized carbons (Fsp3) is 0.0492. The Bertz CT molecular complexity index is 3830. The minimum absolute atomic E-state index is 0.877. The van der Waals surface area contributed by atoms with Crippen LogP contribution in [0.25, 0.3) is 114 Å². The van der Waals surface area contributed by atoms with Crippen LogP contribution in [0.4, 0.5) is 0 Å². The summed E-state index contributed by atoms with van der Waals surface area (Å²) in [6, 6.07) is 66.2. The highest BCUT2D eigenvalue weighted by Crippen LogP contribution is 2.48. The maximum absolute atomic E-state index is 2.47. The number of allylic oxidation sites excluding steroid dienone is 3. The summed E-state index contributed by atoms with van der Waals surface area (Å²) in [4.78, 5) is 0. The highest BCUT2D eigenvalue weighted by atomic mass is 32.1. The van der Waals surface area contributed by atoms with Gasteiger partial charge >= 0.3 is 0 Å². The van der Waals surface area contributed by atoms with E-state index in [0.717, 1.165) is 19.3 Å². The second kappa shape index (κ2) is 14.1. The van der Waals surface area contributed by atoms with E-state index in [0.29, 0.717) is 0 Å². The van der Waals surface area contributed by atoms with Crippen molar-refractivity contribution < 1.29 is 0 Å². The van der Waals surface area contributed by atoms with Gasteiger partial charge < -0.3 is 0 Å². The molecule has 0 amide bonds. The standard InChI is InChI=1S/C61H40S/c1-2-22-47-51(23-3-1)60(45-30-14-18-38-16-4-6-20-42(38)45)54-29-13-10-26-50(54)59(47)41-32-34-44-55-36-40(33-35-56(55)62-57(44)37-41)58-48-24-8-11-27-52(48)61(53-28-12-9-25-49(53)58)46-31-15-19-39-17-5-7-21-43(39)46/h1-14,16-22,24-30,32-37H,15,23,31H2. The Balaban J connectivity index is 1.01. The monoisotopic (exact) mass is 804 g/mol. The van der Waals surface area contributed by atoms with E-state index in [2.05, 4.69) is 206 Å². The van der Waals surface area contributed by atoms with Crippen LogP contribution in [0, 0.1) is 0 Å². The van der Waals surface area contributed by atoms with Crippen LogP contribution >= 0.6 is 11.3 Å². The molecule has 2 aliphatic carbocycles. The molecule has 0 N–H and O–H groups in total. The van der Waals surface area contributed by atoms with Gasteiger partial charge in [-0.3, -0.25) is 0 Å². The molecule has 0 spiro atoms. The van der Waals surface area contributed by atoms with Crippen LogP contribution in [0.2, 0.25) is 0 Å². The van der Waals surface area contributed by atoms with Gasteiger partial charge in [-0.05, 0) is 147 Å². The zero-order chi connectivity index (χ0) is 40.7. The van der Waals surface area contributed by atoms with Crippen LogP contribution in [-0.4, -0.2) is 0 Å². The molecule has 2 aliphatic rings. The maximum Gasteiger partial charge on any atom is 0.0361 e. The molecule has 1 aromatic heterocycles. The Morgan fingerprint density at radius 3 is 1.84 bits per heavy atom. The summed E-state index contributed by atoms with van der Waals surface area (Å²) >= 11 is 1.91. The first-order valence-corrected chi connectivity index (χ1v) is 22.7. The average molecular weight is 805 g/mol. The molecule has 0 unspecified atom stereocenters. The Hall–Kier alpha value is -7.32. The molecule has 0 aliphatic heterocycles. The maximum atomic E-state index is 2.47. The summed E-state index contributed by atoms with van der Waals surface area (Å²) < 4.78 is 2.63. The lowest BCUT2D eigenvalue weighted by Gasteiger charge is -2.22. The molecule has 0 bridgehead atoms. The Kier molecular flexibility index (Phi) is 8.08. The zero-order valence-electron chi connectivity index (χ0n) is 34.2. The fourth-order valence-electron chi connectivity index (χ4n) is 11.0. The summed E-state index contributed by atoms with van der Waals surface area (Å²) in [7, 11) is 0. The predicted molar refractivity (Wildman–Crippen MR) is 269 cm³/mol. The Labute approximate surface area is 364 Å². The van der Waals surface area contributed by atoms with Crippen LogP contribution in [0.15, 0.2) is 194 Å². The summed E-state index contributed by atoms with van der Waals surface area (Å²) in [6.07, 6.45) is 14.5. The highest BCUT2D eigenvalue weighted by Gasteiger charge is 2.23. The van der Waals surface area contributed by atoms with E-state index in [1.807, 2.05) is 11.3 Å². The molecule has 0 saturated carbocycles. The van der Waals surface area contributed by atoms with E-state index in [4.69, 9.17) is 0 Å². The van der Waals surface area contributed by atoms with E-state index in [-0.39, 0.29) is 0 Å². The second-order valence-electron chi connectivity index (χ2n) is 16.9. The van der Waals surface area contributed by atoms with Crippen LogP contribution < -0.4 is 10.4 Å². The van der Waals surface area contributed by atoms with E-state index in [1.165, 1.54) is 129 Å². The van der Waals surface area contributed by atoms with E-state index >= 15 is 0 Å². The number of hydrogen-bond donors (Lipinski definition) is 0. The smallest absolute Gasteiger partial charge is 0.0361 e. The van der Waals surface area contributed by atoms with E-state index in [1.54, 1.807) is 0 Å². The van der Waals surface area contributed by atoms with Gasteiger partial charge in [-0.15, -0.1) is 11.3 Å². The molecule has 0 radical (unpaired) electrons. The molecular weight excluding hydrogens is 765 g/mol. The van der Waals surface area contributed by atoms with Crippen molar-refractivity contribution in [2.24, 2.45) is 0 Å². The molecule has 0 saturated heterocycles. The summed E-state index contributed by atoms with van der Waals surface area (Å²) in [5.41, 5.74) is 13.3. The van der Waals surface area contributed by atoms with Crippen molar-refractivity contribution in [2.75, 3.05) is 0 Å². The van der Waals surface area contributed by atoms with Crippen molar-refractivity contribution in [2.45, 2.75) is 19.3 Å². The highest BCUT2D eigenvalue weighted by molar-refractivity contribution is 7.25. The zero-order valence-corrected chi connectivity index (χ0v) is 35.0. The van der Waals surface area contributed by atoms with Gasteiger partial charge in [0, 0.05) is 20.2 Å². The average Bonchev–Trinajstić information content (AvgIpc) is 3.52. The van der Waals surface area contributed by atoms with Crippen LogP contribution in [0.1, 0.15) is 29.5 Å². The quantitative estimate of drug-likeness (QED) is 0.155. The molecule has 0 nitrogen and oxygen atoms in total. The molecule has 1 heterocycles. The number of benzene rings is 10. The molecule has 11 aromatic rings. The molecule has 290 valence electrons. The van der Waals surface area contributed by atoms with Crippen molar-refractivity contribution in [1.82, 2.24) is 0 Å². The first kappa shape index (κ1) is 35.4. The summed E-state index contributed by atoms with van der Waals surface area (Å²) in [6.45, 7) is 0. The predicted octanol–water partition coefficient (Wildman–Crippen LogP) is 15.6. The van der Waals surface area contributed by atoms with Gasteiger partial charge in [-0.25, -0.2) is 0 Å².